The number of benzene rings is 2. The van der Waals surface area contributed by atoms with Crippen LogP contribution in [0.15, 0.2) is 60.7 Å². The largest absolute Gasteiger partial charge is 0.383 e. The van der Waals surface area contributed by atoms with Crippen molar-refractivity contribution in [3.63, 3.8) is 0 Å². The molecule has 0 atom stereocenters. The van der Waals surface area contributed by atoms with Gasteiger partial charge in [-0.05, 0) is 11.6 Å². The second kappa shape index (κ2) is 9.17. The van der Waals surface area contributed by atoms with Crippen LogP contribution in [0.1, 0.15) is 5.56 Å². The summed E-state index contributed by atoms with van der Waals surface area (Å²) in [5.41, 5.74) is 2.88. The molecule has 0 fully saturated rings. The Labute approximate surface area is 158 Å². The smallest absolute Gasteiger partial charge is 0.225 e. The summed E-state index contributed by atoms with van der Waals surface area (Å²) in [7, 11) is 1.67. The molecule has 0 aliphatic heterocycles. The quantitative estimate of drug-likeness (QED) is 0.574. The van der Waals surface area contributed by atoms with Crippen LogP contribution in [0, 0.1) is 0 Å². The van der Waals surface area contributed by atoms with Crippen LogP contribution in [0.5, 0.6) is 0 Å². The lowest BCUT2D eigenvalue weighted by Gasteiger charge is -2.12. The van der Waals surface area contributed by atoms with Gasteiger partial charge < -0.3 is 15.4 Å². The number of hydrogen-bond acceptors (Lipinski definition) is 5. The van der Waals surface area contributed by atoms with Gasteiger partial charge in [-0.3, -0.25) is 0 Å². The van der Waals surface area contributed by atoms with Crippen molar-refractivity contribution in [3.8, 4) is 11.3 Å². The summed E-state index contributed by atoms with van der Waals surface area (Å²) in [6.45, 7) is 1.83. The van der Waals surface area contributed by atoms with E-state index in [9.17, 15) is 0 Å². The molecule has 0 spiro atoms. The lowest BCUT2D eigenvalue weighted by molar-refractivity contribution is 0.210. The maximum absolute atomic E-state index is 6.23. The van der Waals surface area contributed by atoms with Crippen LogP contribution in [0.3, 0.4) is 0 Å². The van der Waals surface area contributed by atoms with Gasteiger partial charge in [0.2, 0.25) is 5.95 Å². The first kappa shape index (κ1) is 18.2. The van der Waals surface area contributed by atoms with Crippen LogP contribution in [0.25, 0.3) is 11.3 Å². The van der Waals surface area contributed by atoms with Gasteiger partial charge in [0.25, 0.3) is 0 Å². The van der Waals surface area contributed by atoms with Gasteiger partial charge in [-0.25, -0.2) is 4.98 Å². The summed E-state index contributed by atoms with van der Waals surface area (Å²) >= 11 is 6.23. The summed E-state index contributed by atoms with van der Waals surface area (Å²) in [5.74, 6) is 1.30. The summed E-state index contributed by atoms with van der Waals surface area (Å²) in [4.78, 5) is 9.18. The fourth-order valence-electron chi connectivity index (χ4n) is 2.47. The minimum absolute atomic E-state index is 0.547. The topological polar surface area (TPSA) is 59.1 Å². The molecule has 1 heterocycles. The zero-order chi connectivity index (χ0) is 18.2. The van der Waals surface area contributed by atoms with E-state index in [1.807, 2.05) is 60.7 Å². The van der Waals surface area contributed by atoms with Crippen molar-refractivity contribution in [2.75, 3.05) is 30.9 Å². The Morgan fingerprint density at radius 1 is 0.962 bits per heavy atom. The van der Waals surface area contributed by atoms with Gasteiger partial charge in [0.1, 0.15) is 5.82 Å². The number of methoxy groups -OCH3 is 1. The normalized spacial score (nSPS) is 10.5. The SMILES string of the molecule is COCCNc1cc(-c2ccccc2)nc(NCc2ccccc2Cl)n1. The fraction of sp³-hybridized carbons (Fsp3) is 0.200. The van der Waals surface area contributed by atoms with E-state index in [0.29, 0.717) is 25.6 Å². The summed E-state index contributed by atoms with van der Waals surface area (Å²) in [6, 6.07) is 19.7. The molecule has 26 heavy (non-hydrogen) atoms. The molecule has 0 radical (unpaired) electrons. The molecule has 134 valence electrons. The number of nitrogens with zero attached hydrogens (tertiary/aromatic N) is 2. The van der Waals surface area contributed by atoms with Gasteiger partial charge >= 0.3 is 0 Å². The first-order valence-corrected chi connectivity index (χ1v) is 8.78. The maximum Gasteiger partial charge on any atom is 0.225 e. The highest BCUT2D eigenvalue weighted by molar-refractivity contribution is 6.31. The molecule has 5 nitrogen and oxygen atoms in total. The van der Waals surface area contributed by atoms with Gasteiger partial charge in [-0.1, -0.05) is 60.1 Å². The zero-order valence-electron chi connectivity index (χ0n) is 14.6. The minimum atomic E-state index is 0.547. The van der Waals surface area contributed by atoms with Crippen molar-refractivity contribution in [2.24, 2.45) is 0 Å². The number of anilines is 2. The van der Waals surface area contributed by atoms with Crippen LogP contribution in [0.4, 0.5) is 11.8 Å². The van der Waals surface area contributed by atoms with Gasteiger partial charge in [-0.2, -0.15) is 4.98 Å². The van der Waals surface area contributed by atoms with Crippen LogP contribution >= 0.6 is 11.6 Å². The third-order valence-corrected chi connectivity index (χ3v) is 4.17. The van der Waals surface area contributed by atoms with E-state index >= 15 is 0 Å². The summed E-state index contributed by atoms with van der Waals surface area (Å²) in [5, 5.41) is 7.25. The molecule has 3 aromatic rings. The number of aromatic nitrogens is 2. The number of halogens is 1. The van der Waals surface area contributed by atoms with Crippen LogP contribution in [-0.2, 0) is 11.3 Å². The molecule has 2 aromatic carbocycles. The first-order valence-electron chi connectivity index (χ1n) is 8.41. The molecule has 2 N–H and O–H groups in total. The third kappa shape index (κ3) is 4.94. The molecular formula is C20H21ClN4O. The molecule has 0 unspecified atom stereocenters. The minimum Gasteiger partial charge on any atom is -0.383 e. The number of hydrogen-bond donors (Lipinski definition) is 2. The van der Waals surface area contributed by atoms with Crippen LogP contribution in [0.2, 0.25) is 5.02 Å². The number of rotatable bonds is 8. The fourth-order valence-corrected chi connectivity index (χ4v) is 2.67. The Balaban J connectivity index is 1.83. The van der Waals surface area contributed by atoms with Gasteiger partial charge in [0.15, 0.2) is 0 Å². The lowest BCUT2D eigenvalue weighted by Crippen LogP contribution is -2.11. The molecule has 3 rings (SSSR count). The highest BCUT2D eigenvalue weighted by Crippen LogP contribution is 2.22. The molecule has 6 heteroatoms. The van der Waals surface area contributed by atoms with Gasteiger partial charge in [0, 0.05) is 36.9 Å². The van der Waals surface area contributed by atoms with E-state index in [1.165, 1.54) is 0 Å². The molecule has 0 aliphatic carbocycles. The van der Waals surface area contributed by atoms with Crippen molar-refractivity contribution in [1.82, 2.24) is 9.97 Å². The average Bonchev–Trinajstić information content (AvgIpc) is 2.68. The van der Waals surface area contributed by atoms with E-state index in [4.69, 9.17) is 16.3 Å². The highest BCUT2D eigenvalue weighted by Gasteiger charge is 2.07. The van der Waals surface area contributed by atoms with E-state index in [1.54, 1.807) is 7.11 Å². The predicted octanol–water partition coefficient (Wildman–Crippen LogP) is 4.47. The Morgan fingerprint density at radius 3 is 2.50 bits per heavy atom. The van der Waals surface area contributed by atoms with Gasteiger partial charge in [-0.15, -0.1) is 0 Å². The predicted molar refractivity (Wildman–Crippen MR) is 107 cm³/mol. The second-order valence-corrected chi connectivity index (χ2v) is 6.10. The molecule has 0 aliphatic rings. The Morgan fingerprint density at radius 2 is 1.73 bits per heavy atom. The Bertz CT molecular complexity index is 842. The van der Waals surface area contributed by atoms with E-state index in [-0.39, 0.29) is 0 Å². The molecule has 0 bridgehead atoms. The zero-order valence-corrected chi connectivity index (χ0v) is 15.3. The van der Waals surface area contributed by atoms with Crippen molar-refractivity contribution in [3.05, 3.63) is 71.2 Å². The molecule has 0 saturated heterocycles. The van der Waals surface area contributed by atoms with Gasteiger partial charge in [0.05, 0.1) is 12.3 Å². The second-order valence-electron chi connectivity index (χ2n) is 5.69. The average molecular weight is 369 g/mol. The Kier molecular flexibility index (Phi) is 6.41. The third-order valence-electron chi connectivity index (χ3n) is 3.80. The maximum atomic E-state index is 6.23. The molecular weight excluding hydrogens is 348 g/mol. The monoisotopic (exact) mass is 368 g/mol. The lowest BCUT2D eigenvalue weighted by atomic mass is 10.1. The van der Waals surface area contributed by atoms with Crippen LogP contribution < -0.4 is 10.6 Å². The van der Waals surface area contributed by atoms with Crippen molar-refractivity contribution < 1.29 is 4.74 Å². The summed E-state index contributed by atoms with van der Waals surface area (Å²) < 4.78 is 5.09. The van der Waals surface area contributed by atoms with Crippen molar-refractivity contribution in [1.29, 1.82) is 0 Å². The van der Waals surface area contributed by atoms with Crippen LogP contribution in [-0.4, -0.2) is 30.2 Å². The van der Waals surface area contributed by atoms with Crippen molar-refractivity contribution in [2.45, 2.75) is 6.54 Å². The molecule has 0 amide bonds. The summed E-state index contributed by atoms with van der Waals surface area (Å²) in [6.07, 6.45) is 0. The number of ether oxygens (including phenoxy) is 1. The Hall–Kier alpha value is -2.63. The highest BCUT2D eigenvalue weighted by atomic mass is 35.5. The number of nitrogens with one attached hydrogen (secondary N) is 2. The standard InChI is InChI=1S/C20H21ClN4O/c1-26-12-11-22-19-13-18(15-7-3-2-4-8-15)24-20(25-19)23-14-16-9-5-6-10-17(16)21/h2-10,13H,11-12,14H2,1H3,(H2,22,23,24,25). The van der Waals surface area contributed by atoms with E-state index in [2.05, 4.69) is 20.6 Å². The first-order chi connectivity index (χ1) is 12.8. The molecule has 1 aromatic heterocycles. The molecule has 0 saturated carbocycles. The van der Waals surface area contributed by atoms with E-state index < -0.39 is 0 Å². The van der Waals surface area contributed by atoms with Crippen molar-refractivity contribution >= 4 is 23.4 Å². The van der Waals surface area contributed by atoms with E-state index in [0.717, 1.165) is 27.7 Å².